The highest BCUT2D eigenvalue weighted by Gasteiger charge is 2.38. The van der Waals surface area contributed by atoms with Gasteiger partial charge >= 0.3 is 5.97 Å². The molecule has 22 heavy (non-hydrogen) atoms. The molecule has 1 aliphatic rings. The maximum Gasteiger partial charge on any atom is 0.323 e. The smallest absolute Gasteiger partial charge is 0.323 e. The fourth-order valence-corrected chi connectivity index (χ4v) is 3.27. The number of amides is 1. The van der Waals surface area contributed by atoms with Crippen molar-refractivity contribution in [3.63, 3.8) is 0 Å². The van der Waals surface area contributed by atoms with E-state index >= 15 is 0 Å². The second-order valence-electron chi connectivity index (χ2n) is 5.49. The van der Waals surface area contributed by atoms with Crippen LogP contribution in [0.4, 0.5) is 0 Å². The third-order valence-corrected chi connectivity index (χ3v) is 4.77. The summed E-state index contributed by atoms with van der Waals surface area (Å²) in [4.78, 5) is 26.9. The quantitative estimate of drug-likeness (QED) is 0.666. The molecule has 5 nitrogen and oxygen atoms in total. The van der Waals surface area contributed by atoms with Crippen molar-refractivity contribution in [2.75, 3.05) is 20.2 Å². The van der Waals surface area contributed by atoms with Gasteiger partial charge in [-0.1, -0.05) is 17.7 Å². The minimum absolute atomic E-state index is 0.0386. The number of ether oxygens (including phenoxy) is 1. The Morgan fingerprint density at radius 3 is 2.91 bits per heavy atom. The topological polar surface area (TPSA) is 58.6 Å². The Morgan fingerprint density at radius 1 is 1.55 bits per heavy atom. The van der Waals surface area contributed by atoms with Crippen LogP contribution in [0.25, 0.3) is 0 Å². The Hall–Kier alpha value is -1.66. The summed E-state index contributed by atoms with van der Waals surface area (Å²) in [5.41, 5.74) is 1.19. The van der Waals surface area contributed by atoms with Gasteiger partial charge in [0.05, 0.1) is 12.0 Å². The minimum Gasteiger partial charge on any atom is -0.468 e. The number of allylic oxidation sites excluding steroid dienone is 1. The van der Waals surface area contributed by atoms with E-state index in [1.807, 2.05) is 31.4 Å². The first kappa shape index (κ1) is 16.7. The van der Waals surface area contributed by atoms with Gasteiger partial charge in [0.15, 0.2) is 0 Å². The maximum atomic E-state index is 12.1. The van der Waals surface area contributed by atoms with Crippen molar-refractivity contribution >= 4 is 23.2 Å². The number of esters is 1. The van der Waals surface area contributed by atoms with Gasteiger partial charge in [-0.2, -0.15) is 0 Å². The van der Waals surface area contributed by atoms with Gasteiger partial charge in [0.1, 0.15) is 6.04 Å². The van der Waals surface area contributed by atoms with Gasteiger partial charge in [0.25, 0.3) is 5.91 Å². The third kappa shape index (κ3) is 3.96. The second-order valence-corrected chi connectivity index (χ2v) is 6.43. The van der Waals surface area contributed by atoms with Crippen molar-refractivity contribution in [1.29, 1.82) is 0 Å². The van der Waals surface area contributed by atoms with Crippen molar-refractivity contribution in [3.05, 3.63) is 34.0 Å². The standard InChI is InChI=1S/C16H22N2O3S/c1-4-11(2)9-18-10-12(8-13(18)16(20)21-3)17-15(19)14-6-5-7-22-14/h4-7,12-13H,8-10H2,1-3H3,(H,17,19)/t12-,13+/m1/s1. The maximum absolute atomic E-state index is 12.1. The van der Waals surface area contributed by atoms with Crippen LogP contribution in [0.5, 0.6) is 0 Å². The summed E-state index contributed by atoms with van der Waals surface area (Å²) in [5.74, 6) is -0.315. The number of carbonyl (C=O) groups is 2. The van der Waals surface area contributed by atoms with E-state index in [1.165, 1.54) is 24.0 Å². The summed E-state index contributed by atoms with van der Waals surface area (Å²) >= 11 is 1.41. The molecule has 0 unspecified atom stereocenters. The first-order valence-corrected chi connectivity index (χ1v) is 8.21. The number of likely N-dealkylation sites (tertiary alicyclic amines) is 1. The van der Waals surface area contributed by atoms with Crippen molar-refractivity contribution in [2.45, 2.75) is 32.4 Å². The van der Waals surface area contributed by atoms with Gasteiger partial charge < -0.3 is 10.1 Å². The predicted octanol–water partition coefficient (Wildman–Crippen LogP) is 2.06. The Morgan fingerprint density at radius 2 is 2.32 bits per heavy atom. The molecule has 0 aromatic carbocycles. The van der Waals surface area contributed by atoms with Gasteiger partial charge in [-0.15, -0.1) is 11.3 Å². The van der Waals surface area contributed by atoms with E-state index in [0.717, 1.165) is 0 Å². The Labute approximate surface area is 135 Å². The first-order valence-electron chi connectivity index (χ1n) is 7.33. The predicted molar refractivity (Wildman–Crippen MR) is 87.0 cm³/mol. The van der Waals surface area contributed by atoms with Crippen LogP contribution in [0.3, 0.4) is 0 Å². The van der Waals surface area contributed by atoms with E-state index in [9.17, 15) is 9.59 Å². The molecule has 2 heterocycles. The first-order chi connectivity index (χ1) is 10.5. The molecular formula is C16H22N2O3S. The van der Waals surface area contributed by atoms with Gasteiger partial charge in [0.2, 0.25) is 0 Å². The van der Waals surface area contributed by atoms with E-state index in [4.69, 9.17) is 4.74 Å². The molecular weight excluding hydrogens is 300 g/mol. The number of rotatable bonds is 5. The molecule has 6 heteroatoms. The van der Waals surface area contributed by atoms with E-state index in [0.29, 0.717) is 24.4 Å². The zero-order chi connectivity index (χ0) is 16.1. The number of nitrogens with zero attached hydrogens (tertiary/aromatic N) is 1. The zero-order valence-corrected chi connectivity index (χ0v) is 14.0. The lowest BCUT2D eigenvalue weighted by Gasteiger charge is -2.22. The van der Waals surface area contributed by atoms with E-state index in [-0.39, 0.29) is 24.0 Å². The molecule has 0 spiro atoms. The van der Waals surface area contributed by atoms with E-state index < -0.39 is 0 Å². The number of carbonyl (C=O) groups excluding carboxylic acids is 2. The van der Waals surface area contributed by atoms with Gasteiger partial charge in [0, 0.05) is 19.1 Å². The minimum atomic E-state index is -0.298. The van der Waals surface area contributed by atoms with Gasteiger partial charge in [-0.25, -0.2) is 0 Å². The fraction of sp³-hybridized carbons (Fsp3) is 0.500. The number of thiophene rings is 1. The molecule has 1 aliphatic heterocycles. The monoisotopic (exact) mass is 322 g/mol. The van der Waals surface area contributed by atoms with Crippen molar-refractivity contribution < 1.29 is 14.3 Å². The van der Waals surface area contributed by atoms with Crippen molar-refractivity contribution in [1.82, 2.24) is 10.2 Å². The molecule has 1 amide bonds. The molecule has 2 atom stereocenters. The summed E-state index contributed by atoms with van der Waals surface area (Å²) in [7, 11) is 1.40. The van der Waals surface area contributed by atoms with Crippen LogP contribution in [0.1, 0.15) is 29.9 Å². The molecule has 1 fully saturated rings. The molecule has 1 N–H and O–H groups in total. The van der Waals surface area contributed by atoms with Crippen LogP contribution in [-0.2, 0) is 9.53 Å². The Balaban J connectivity index is 2.02. The van der Waals surface area contributed by atoms with Crippen LogP contribution in [0, 0.1) is 0 Å². The number of methoxy groups -OCH3 is 1. The van der Waals surface area contributed by atoms with Crippen LogP contribution in [0.2, 0.25) is 0 Å². The molecule has 1 saturated heterocycles. The lowest BCUT2D eigenvalue weighted by molar-refractivity contribution is -0.145. The largest absolute Gasteiger partial charge is 0.468 e. The lowest BCUT2D eigenvalue weighted by Crippen LogP contribution is -2.38. The molecule has 0 bridgehead atoms. The van der Waals surface area contributed by atoms with Crippen LogP contribution < -0.4 is 5.32 Å². The molecule has 1 aromatic rings. The molecule has 2 rings (SSSR count). The van der Waals surface area contributed by atoms with Gasteiger partial charge in [-0.05, 0) is 31.7 Å². The third-order valence-electron chi connectivity index (χ3n) is 3.90. The summed E-state index contributed by atoms with van der Waals surface area (Å²) in [5, 5.41) is 4.89. The fourth-order valence-electron chi connectivity index (χ4n) is 2.64. The van der Waals surface area contributed by atoms with Crippen LogP contribution in [-0.4, -0.2) is 49.1 Å². The highest BCUT2D eigenvalue weighted by Crippen LogP contribution is 2.21. The summed E-state index contributed by atoms with van der Waals surface area (Å²) in [6.45, 7) is 5.38. The van der Waals surface area contributed by atoms with Crippen LogP contribution >= 0.6 is 11.3 Å². The summed E-state index contributed by atoms with van der Waals surface area (Å²) < 4.78 is 4.89. The van der Waals surface area contributed by atoms with E-state index in [2.05, 4.69) is 10.2 Å². The molecule has 0 radical (unpaired) electrons. The number of hydrogen-bond acceptors (Lipinski definition) is 5. The SMILES string of the molecule is CC=C(C)CN1C[C@H](NC(=O)c2cccs2)C[C@H]1C(=O)OC. The Bertz CT molecular complexity index is 554. The number of hydrogen-bond donors (Lipinski definition) is 1. The second kappa shape index (κ2) is 7.56. The molecule has 120 valence electrons. The lowest BCUT2D eigenvalue weighted by atomic mass is 10.1. The molecule has 0 saturated carbocycles. The van der Waals surface area contributed by atoms with Crippen molar-refractivity contribution in [3.8, 4) is 0 Å². The Kier molecular flexibility index (Phi) is 5.74. The average Bonchev–Trinajstić information content (AvgIpc) is 3.16. The highest BCUT2D eigenvalue weighted by molar-refractivity contribution is 7.12. The van der Waals surface area contributed by atoms with Gasteiger partial charge in [-0.3, -0.25) is 14.5 Å². The average molecular weight is 322 g/mol. The highest BCUT2D eigenvalue weighted by atomic mass is 32.1. The summed E-state index contributed by atoms with van der Waals surface area (Å²) in [6.07, 6.45) is 2.62. The van der Waals surface area contributed by atoms with E-state index in [1.54, 1.807) is 6.07 Å². The number of nitrogens with one attached hydrogen (secondary N) is 1. The van der Waals surface area contributed by atoms with Crippen LogP contribution in [0.15, 0.2) is 29.2 Å². The summed E-state index contributed by atoms with van der Waals surface area (Å²) in [6, 6.07) is 3.32. The molecule has 0 aliphatic carbocycles. The normalized spacial score (nSPS) is 22.6. The zero-order valence-electron chi connectivity index (χ0n) is 13.2. The van der Waals surface area contributed by atoms with Crippen molar-refractivity contribution in [2.24, 2.45) is 0 Å². The molecule has 1 aromatic heterocycles.